The normalized spacial score (nSPS) is 12.4. The molecule has 1 heterocycles. The molecule has 0 aliphatic heterocycles. The number of carbonyl (C=O) groups excluding carboxylic acids is 1. The number of carbonyl (C=O) groups is 1. The van der Waals surface area contributed by atoms with E-state index >= 15 is 0 Å². The van der Waals surface area contributed by atoms with Gasteiger partial charge >= 0.3 is 0 Å². The van der Waals surface area contributed by atoms with Gasteiger partial charge < -0.3 is 10.6 Å². The molecule has 0 bridgehead atoms. The van der Waals surface area contributed by atoms with E-state index in [2.05, 4.69) is 29.5 Å². The number of pyridine rings is 1. The highest BCUT2D eigenvalue weighted by Gasteiger charge is 2.14. The fourth-order valence-corrected chi connectivity index (χ4v) is 2.56. The fraction of sp³-hybridized carbons (Fsp3) is 0.412. The van der Waals surface area contributed by atoms with Gasteiger partial charge in [-0.3, -0.25) is 4.79 Å². The van der Waals surface area contributed by atoms with E-state index in [9.17, 15) is 4.79 Å². The molecule has 0 saturated heterocycles. The Labute approximate surface area is 126 Å². The monoisotopic (exact) mass is 285 g/mol. The Bertz CT molecular complexity index is 637. The lowest BCUT2D eigenvalue weighted by Crippen LogP contribution is -2.34. The van der Waals surface area contributed by atoms with E-state index in [1.807, 2.05) is 38.2 Å². The lowest BCUT2D eigenvalue weighted by molar-refractivity contribution is 0.0931. The van der Waals surface area contributed by atoms with Crippen molar-refractivity contribution in [2.75, 3.05) is 12.4 Å². The lowest BCUT2D eigenvalue weighted by Gasteiger charge is -2.16. The summed E-state index contributed by atoms with van der Waals surface area (Å²) >= 11 is 0. The Morgan fingerprint density at radius 2 is 1.95 bits per heavy atom. The number of para-hydroxylation sites is 1. The molecule has 2 aromatic rings. The third-order valence-electron chi connectivity index (χ3n) is 3.42. The molecule has 1 aromatic carbocycles. The van der Waals surface area contributed by atoms with Crippen molar-refractivity contribution in [1.82, 2.24) is 10.3 Å². The minimum atomic E-state index is -0.120. The van der Waals surface area contributed by atoms with Crippen molar-refractivity contribution < 1.29 is 4.79 Å². The molecule has 0 aliphatic carbocycles. The van der Waals surface area contributed by atoms with E-state index in [0.717, 1.165) is 23.0 Å². The Kier molecular flexibility index (Phi) is 4.78. The smallest absolute Gasteiger partial charge is 0.270 e. The maximum absolute atomic E-state index is 12.3. The van der Waals surface area contributed by atoms with Crippen LogP contribution in [0.15, 0.2) is 30.3 Å². The molecular formula is C17H23N3O. The van der Waals surface area contributed by atoms with E-state index in [1.165, 1.54) is 0 Å². The van der Waals surface area contributed by atoms with Crippen molar-refractivity contribution in [1.29, 1.82) is 0 Å². The molecular weight excluding hydrogens is 262 g/mol. The molecule has 0 aliphatic rings. The predicted molar refractivity (Wildman–Crippen MR) is 87.7 cm³/mol. The third kappa shape index (κ3) is 3.72. The maximum Gasteiger partial charge on any atom is 0.270 e. The number of fused-ring (bicyclic) bond motifs is 1. The first-order chi connectivity index (χ1) is 10.0. The lowest BCUT2D eigenvalue weighted by atomic mass is 10.1. The molecule has 1 atom stereocenters. The highest BCUT2D eigenvalue weighted by Crippen LogP contribution is 2.22. The van der Waals surface area contributed by atoms with Crippen LogP contribution in [0, 0.1) is 5.92 Å². The zero-order valence-corrected chi connectivity index (χ0v) is 13.1. The number of hydrogen-bond acceptors (Lipinski definition) is 3. The molecule has 1 amide bonds. The molecule has 0 radical (unpaired) electrons. The third-order valence-corrected chi connectivity index (χ3v) is 3.42. The number of nitrogens with one attached hydrogen (secondary N) is 2. The molecule has 4 heteroatoms. The van der Waals surface area contributed by atoms with E-state index in [0.29, 0.717) is 11.6 Å². The summed E-state index contributed by atoms with van der Waals surface area (Å²) in [6.07, 6.45) is 0.957. The molecule has 0 fully saturated rings. The van der Waals surface area contributed by atoms with Crippen molar-refractivity contribution in [3.63, 3.8) is 0 Å². The molecule has 2 rings (SSSR count). The van der Waals surface area contributed by atoms with Gasteiger partial charge in [-0.05, 0) is 31.4 Å². The Morgan fingerprint density at radius 3 is 2.62 bits per heavy atom. The van der Waals surface area contributed by atoms with Crippen LogP contribution in [0.25, 0.3) is 10.9 Å². The molecule has 2 N–H and O–H groups in total. The first-order valence-corrected chi connectivity index (χ1v) is 7.39. The highest BCUT2D eigenvalue weighted by atomic mass is 16.1. The highest BCUT2D eigenvalue weighted by molar-refractivity contribution is 5.99. The van der Waals surface area contributed by atoms with Crippen molar-refractivity contribution in [2.45, 2.75) is 33.2 Å². The van der Waals surface area contributed by atoms with Crippen LogP contribution in [0.2, 0.25) is 0 Å². The van der Waals surface area contributed by atoms with Crippen LogP contribution in [-0.4, -0.2) is 24.0 Å². The molecule has 0 saturated carbocycles. The second-order valence-electron chi connectivity index (χ2n) is 5.83. The number of amides is 1. The zero-order valence-electron chi connectivity index (χ0n) is 13.1. The van der Waals surface area contributed by atoms with Gasteiger partial charge in [0.25, 0.3) is 5.91 Å². The Morgan fingerprint density at radius 1 is 1.24 bits per heavy atom. The van der Waals surface area contributed by atoms with Crippen LogP contribution in [0.1, 0.15) is 37.7 Å². The van der Waals surface area contributed by atoms with Gasteiger partial charge in [0.2, 0.25) is 0 Å². The van der Waals surface area contributed by atoms with E-state index in [-0.39, 0.29) is 11.9 Å². The minimum Gasteiger partial charge on any atom is -0.388 e. The summed E-state index contributed by atoms with van der Waals surface area (Å²) in [6.45, 7) is 6.32. The molecule has 112 valence electrons. The van der Waals surface area contributed by atoms with Crippen LogP contribution in [0.3, 0.4) is 0 Å². The van der Waals surface area contributed by atoms with E-state index < -0.39 is 0 Å². The minimum absolute atomic E-state index is 0.120. The first kappa shape index (κ1) is 15.3. The van der Waals surface area contributed by atoms with Crippen LogP contribution in [0.5, 0.6) is 0 Å². The summed E-state index contributed by atoms with van der Waals surface area (Å²) in [5, 5.41) is 7.17. The number of rotatable bonds is 5. The molecule has 21 heavy (non-hydrogen) atoms. The topological polar surface area (TPSA) is 54.0 Å². The second kappa shape index (κ2) is 6.57. The van der Waals surface area contributed by atoms with E-state index in [1.54, 1.807) is 6.07 Å². The van der Waals surface area contributed by atoms with Gasteiger partial charge in [0, 0.05) is 24.2 Å². The van der Waals surface area contributed by atoms with Crippen LogP contribution < -0.4 is 10.6 Å². The van der Waals surface area contributed by atoms with Gasteiger partial charge in [0.05, 0.1) is 5.52 Å². The average Bonchev–Trinajstić information content (AvgIpc) is 2.44. The standard InChI is InChI=1S/C17H23N3O/c1-11(2)9-12(3)19-17(21)16-10-15(18-4)13-7-5-6-8-14(13)20-16/h5-8,10-12H,9H2,1-4H3,(H,18,20)(H,19,21). The van der Waals surface area contributed by atoms with Crippen molar-refractivity contribution >= 4 is 22.5 Å². The van der Waals surface area contributed by atoms with Crippen LogP contribution >= 0.6 is 0 Å². The van der Waals surface area contributed by atoms with Crippen molar-refractivity contribution in [3.05, 3.63) is 36.0 Å². The second-order valence-corrected chi connectivity index (χ2v) is 5.83. The summed E-state index contributed by atoms with van der Waals surface area (Å²) in [6, 6.07) is 9.76. The zero-order chi connectivity index (χ0) is 15.4. The number of aromatic nitrogens is 1. The first-order valence-electron chi connectivity index (χ1n) is 7.39. The number of hydrogen-bond donors (Lipinski definition) is 2. The SMILES string of the molecule is CNc1cc(C(=O)NC(C)CC(C)C)nc2ccccc12. The van der Waals surface area contributed by atoms with Crippen LogP contribution in [-0.2, 0) is 0 Å². The summed E-state index contributed by atoms with van der Waals surface area (Å²) in [7, 11) is 1.85. The van der Waals surface area contributed by atoms with Gasteiger partial charge in [0.15, 0.2) is 0 Å². The molecule has 1 aromatic heterocycles. The largest absolute Gasteiger partial charge is 0.388 e. The number of benzene rings is 1. The summed E-state index contributed by atoms with van der Waals surface area (Å²) in [5.74, 6) is 0.433. The molecule has 0 spiro atoms. The molecule has 4 nitrogen and oxygen atoms in total. The van der Waals surface area contributed by atoms with Gasteiger partial charge in [-0.15, -0.1) is 0 Å². The van der Waals surface area contributed by atoms with Gasteiger partial charge in [-0.25, -0.2) is 4.98 Å². The number of nitrogens with zero attached hydrogens (tertiary/aromatic N) is 1. The Hall–Kier alpha value is -2.10. The van der Waals surface area contributed by atoms with Crippen molar-refractivity contribution in [3.8, 4) is 0 Å². The fourth-order valence-electron chi connectivity index (χ4n) is 2.56. The Balaban J connectivity index is 2.27. The summed E-state index contributed by atoms with van der Waals surface area (Å²) < 4.78 is 0. The van der Waals surface area contributed by atoms with Crippen molar-refractivity contribution in [2.24, 2.45) is 5.92 Å². The predicted octanol–water partition coefficient (Wildman–Crippen LogP) is 3.44. The summed E-state index contributed by atoms with van der Waals surface area (Å²) in [4.78, 5) is 16.8. The van der Waals surface area contributed by atoms with E-state index in [4.69, 9.17) is 0 Å². The number of anilines is 1. The van der Waals surface area contributed by atoms with Gasteiger partial charge in [-0.2, -0.15) is 0 Å². The molecule has 1 unspecified atom stereocenters. The van der Waals surface area contributed by atoms with Gasteiger partial charge in [-0.1, -0.05) is 32.0 Å². The summed E-state index contributed by atoms with van der Waals surface area (Å²) in [5.41, 5.74) is 2.20. The van der Waals surface area contributed by atoms with Gasteiger partial charge in [0.1, 0.15) is 5.69 Å². The average molecular weight is 285 g/mol. The quantitative estimate of drug-likeness (QED) is 0.884. The van der Waals surface area contributed by atoms with Crippen LogP contribution in [0.4, 0.5) is 5.69 Å². The maximum atomic E-state index is 12.3.